The maximum Gasteiger partial charge on any atom is 0.325 e. The molecule has 1 aliphatic heterocycles. The van der Waals surface area contributed by atoms with Crippen molar-refractivity contribution < 1.29 is 14.0 Å². The Hall–Kier alpha value is -2.50. The third kappa shape index (κ3) is 2.22. The van der Waals surface area contributed by atoms with Crippen LogP contribution in [0.4, 0.5) is 9.18 Å². The van der Waals surface area contributed by atoms with E-state index in [-0.39, 0.29) is 12.5 Å². The van der Waals surface area contributed by atoms with Gasteiger partial charge in [0.25, 0.3) is 5.91 Å². The Morgan fingerprint density at radius 2 is 2.10 bits per heavy atom. The molecular weight excluding hydrogens is 273 g/mol. The van der Waals surface area contributed by atoms with Crippen molar-refractivity contribution in [3.63, 3.8) is 0 Å². The van der Waals surface area contributed by atoms with Crippen molar-refractivity contribution in [2.24, 2.45) is 0 Å². The Bertz CT molecular complexity index is 758. The third-order valence-electron chi connectivity index (χ3n) is 3.52. The predicted molar refractivity (Wildman–Crippen MR) is 74.9 cm³/mol. The smallest absolute Gasteiger partial charge is 0.324 e. The van der Waals surface area contributed by atoms with Gasteiger partial charge in [0.2, 0.25) is 0 Å². The molecule has 1 fully saturated rings. The number of carbonyl (C=O) groups excluding carboxylic acids is 2. The Kier molecular flexibility index (Phi) is 2.90. The number of aromatic nitrogens is 1. The molecule has 0 aliphatic carbocycles. The lowest BCUT2D eigenvalue weighted by Crippen LogP contribution is -2.40. The second-order valence-corrected chi connectivity index (χ2v) is 5.59. The highest BCUT2D eigenvalue weighted by Crippen LogP contribution is 2.23. The van der Waals surface area contributed by atoms with Gasteiger partial charge in [-0.25, -0.2) is 9.18 Å². The quantitative estimate of drug-likeness (QED) is 0.861. The fourth-order valence-corrected chi connectivity index (χ4v) is 2.48. The number of fused-ring (bicyclic) bond motifs is 1. The molecule has 1 N–H and O–H groups in total. The van der Waals surface area contributed by atoms with Crippen LogP contribution in [0.2, 0.25) is 0 Å². The van der Waals surface area contributed by atoms with Gasteiger partial charge in [-0.2, -0.15) is 0 Å². The Morgan fingerprint density at radius 1 is 1.33 bits per heavy atom. The minimum absolute atomic E-state index is 0.000625. The summed E-state index contributed by atoms with van der Waals surface area (Å²) in [5.41, 5.74) is 0.157. The van der Waals surface area contributed by atoms with Crippen LogP contribution < -0.4 is 5.32 Å². The Labute approximate surface area is 120 Å². The molecule has 2 aromatic rings. The van der Waals surface area contributed by atoms with E-state index in [4.69, 9.17) is 0 Å². The molecule has 1 aliphatic rings. The first-order valence-electron chi connectivity index (χ1n) is 6.56. The molecule has 21 heavy (non-hydrogen) atoms. The molecule has 0 saturated carbocycles. The zero-order chi connectivity index (χ0) is 15.2. The maximum atomic E-state index is 13.7. The van der Waals surface area contributed by atoms with Crippen molar-refractivity contribution in [2.75, 3.05) is 0 Å². The number of carbonyl (C=O) groups is 2. The number of imide groups is 1. The Balaban J connectivity index is 2.03. The van der Waals surface area contributed by atoms with Gasteiger partial charge in [0.15, 0.2) is 0 Å². The number of pyridine rings is 1. The van der Waals surface area contributed by atoms with Gasteiger partial charge >= 0.3 is 6.03 Å². The molecule has 0 spiro atoms. The highest BCUT2D eigenvalue weighted by Gasteiger charge is 2.44. The highest BCUT2D eigenvalue weighted by atomic mass is 19.1. The minimum atomic E-state index is -0.937. The van der Waals surface area contributed by atoms with Gasteiger partial charge in [0.05, 0.1) is 12.1 Å². The van der Waals surface area contributed by atoms with Crippen molar-refractivity contribution in [3.8, 4) is 0 Å². The zero-order valence-electron chi connectivity index (χ0n) is 11.7. The van der Waals surface area contributed by atoms with Crippen molar-refractivity contribution in [1.82, 2.24) is 15.2 Å². The molecule has 0 unspecified atom stereocenters. The highest BCUT2D eigenvalue weighted by molar-refractivity contribution is 6.06. The second-order valence-electron chi connectivity index (χ2n) is 5.59. The van der Waals surface area contributed by atoms with E-state index < -0.39 is 17.4 Å². The second kappa shape index (κ2) is 4.51. The molecule has 5 nitrogen and oxygen atoms in total. The lowest BCUT2D eigenvalue weighted by Gasteiger charge is -2.16. The Morgan fingerprint density at radius 3 is 2.76 bits per heavy atom. The standard InChI is InChI=1S/C15H14FN3O2/c1-15(2)13(20)19(14(21)18-15)8-10-7-11(16)6-9-4-3-5-17-12(9)10/h3-7H,8H2,1-2H3,(H,18,21). The van der Waals surface area contributed by atoms with Gasteiger partial charge in [-0.3, -0.25) is 14.7 Å². The molecule has 3 rings (SSSR count). The first-order chi connectivity index (χ1) is 9.88. The molecule has 0 bridgehead atoms. The number of hydrogen-bond donors (Lipinski definition) is 1. The van der Waals surface area contributed by atoms with Crippen LogP contribution in [0.3, 0.4) is 0 Å². The monoisotopic (exact) mass is 287 g/mol. The molecule has 1 saturated heterocycles. The molecule has 3 amide bonds. The molecule has 0 atom stereocenters. The number of nitrogens with zero attached hydrogens (tertiary/aromatic N) is 2. The van der Waals surface area contributed by atoms with Crippen molar-refractivity contribution in [2.45, 2.75) is 25.9 Å². The van der Waals surface area contributed by atoms with Gasteiger partial charge in [-0.05, 0) is 32.0 Å². The third-order valence-corrected chi connectivity index (χ3v) is 3.52. The fraction of sp³-hybridized carbons (Fsp3) is 0.267. The molecule has 0 radical (unpaired) electrons. The molecule has 1 aromatic carbocycles. The van der Waals surface area contributed by atoms with E-state index in [1.165, 1.54) is 12.1 Å². The fourth-order valence-electron chi connectivity index (χ4n) is 2.48. The van der Waals surface area contributed by atoms with Crippen LogP contribution in [0.15, 0.2) is 30.5 Å². The summed E-state index contributed by atoms with van der Waals surface area (Å²) in [4.78, 5) is 29.4. The molecule has 2 heterocycles. The summed E-state index contributed by atoms with van der Waals surface area (Å²) in [6.45, 7) is 3.27. The summed E-state index contributed by atoms with van der Waals surface area (Å²) in [6, 6.07) is 5.66. The number of benzene rings is 1. The topological polar surface area (TPSA) is 62.3 Å². The molecule has 1 aromatic heterocycles. The minimum Gasteiger partial charge on any atom is -0.324 e. The predicted octanol–water partition coefficient (Wildman–Crippen LogP) is 2.20. The van der Waals surface area contributed by atoms with Crippen molar-refractivity contribution in [1.29, 1.82) is 0 Å². The van der Waals surface area contributed by atoms with E-state index in [1.54, 1.807) is 32.2 Å². The number of urea groups is 1. The average Bonchev–Trinajstić information content (AvgIpc) is 2.60. The van der Waals surface area contributed by atoms with Crippen LogP contribution in [0, 0.1) is 5.82 Å². The van der Waals surface area contributed by atoms with Crippen LogP contribution in [0.5, 0.6) is 0 Å². The van der Waals surface area contributed by atoms with Crippen LogP contribution in [0.25, 0.3) is 10.9 Å². The molecule has 6 heteroatoms. The van der Waals surface area contributed by atoms with Crippen LogP contribution in [-0.4, -0.2) is 27.4 Å². The van der Waals surface area contributed by atoms with E-state index in [2.05, 4.69) is 10.3 Å². The summed E-state index contributed by atoms with van der Waals surface area (Å²) in [6.07, 6.45) is 1.60. The van der Waals surface area contributed by atoms with Crippen LogP contribution in [-0.2, 0) is 11.3 Å². The van der Waals surface area contributed by atoms with Gasteiger partial charge in [-0.1, -0.05) is 6.07 Å². The van der Waals surface area contributed by atoms with Crippen LogP contribution in [0.1, 0.15) is 19.4 Å². The van der Waals surface area contributed by atoms with Gasteiger partial charge in [0, 0.05) is 17.1 Å². The first-order valence-corrected chi connectivity index (χ1v) is 6.56. The number of halogens is 1. The lowest BCUT2D eigenvalue weighted by molar-refractivity contribution is -0.130. The lowest BCUT2D eigenvalue weighted by atomic mass is 10.1. The first kappa shape index (κ1) is 13.5. The largest absolute Gasteiger partial charge is 0.325 e. The number of rotatable bonds is 2. The van der Waals surface area contributed by atoms with Crippen LogP contribution >= 0.6 is 0 Å². The number of hydrogen-bond acceptors (Lipinski definition) is 3. The SMILES string of the molecule is CC1(C)NC(=O)N(Cc2cc(F)cc3cccnc23)C1=O. The average molecular weight is 287 g/mol. The number of nitrogens with one attached hydrogen (secondary N) is 1. The van der Waals surface area contributed by atoms with Crippen molar-refractivity contribution >= 4 is 22.8 Å². The van der Waals surface area contributed by atoms with E-state index in [9.17, 15) is 14.0 Å². The van der Waals surface area contributed by atoms with E-state index in [0.29, 0.717) is 16.5 Å². The summed E-state index contributed by atoms with van der Waals surface area (Å²) >= 11 is 0. The van der Waals surface area contributed by atoms with Gasteiger partial charge in [-0.15, -0.1) is 0 Å². The molecule has 108 valence electrons. The van der Waals surface area contributed by atoms with E-state index in [0.717, 1.165) is 4.90 Å². The molecular formula is C15H14FN3O2. The zero-order valence-corrected chi connectivity index (χ0v) is 11.7. The summed E-state index contributed by atoms with van der Waals surface area (Å²) < 4.78 is 13.7. The maximum absolute atomic E-state index is 13.7. The van der Waals surface area contributed by atoms with E-state index >= 15 is 0 Å². The summed E-state index contributed by atoms with van der Waals surface area (Å²) in [5.74, 6) is -0.752. The summed E-state index contributed by atoms with van der Waals surface area (Å²) in [7, 11) is 0. The van der Waals surface area contributed by atoms with Gasteiger partial charge in [0.1, 0.15) is 11.4 Å². The summed E-state index contributed by atoms with van der Waals surface area (Å²) in [5, 5.41) is 3.24. The van der Waals surface area contributed by atoms with Crippen molar-refractivity contribution in [3.05, 3.63) is 41.8 Å². The normalized spacial score (nSPS) is 17.4. The number of amides is 3. The van der Waals surface area contributed by atoms with Gasteiger partial charge < -0.3 is 5.32 Å². The van der Waals surface area contributed by atoms with E-state index in [1.807, 2.05) is 0 Å².